The van der Waals surface area contributed by atoms with Crippen LogP contribution in [0.1, 0.15) is 32.4 Å². The summed E-state index contributed by atoms with van der Waals surface area (Å²) >= 11 is 0. The Bertz CT molecular complexity index is 382. The quantitative estimate of drug-likeness (QED) is 0.629. The van der Waals surface area contributed by atoms with Crippen molar-refractivity contribution in [2.45, 2.75) is 50.7 Å². The van der Waals surface area contributed by atoms with Crippen LogP contribution in [0.5, 0.6) is 0 Å². The van der Waals surface area contributed by atoms with Gasteiger partial charge in [-0.15, -0.1) is 0 Å². The molecule has 2 bridgehead atoms. The first kappa shape index (κ1) is 9.46. The van der Waals surface area contributed by atoms with Gasteiger partial charge in [0.2, 0.25) is 0 Å². The molecular weight excluding hydrogens is 184 g/mol. The molecule has 2 aliphatic heterocycles. The summed E-state index contributed by atoms with van der Waals surface area (Å²) < 4.78 is 2.45. The molecule has 3 atom stereocenters. The number of nitrogens with zero attached hydrogens (tertiary/aromatic N) is 2. The van der Waals surface area contributed by atoms with Crippen molar-refractivity contribution in [1.29, 1.82) is 0 Å². The molecule has 1 unspecified atom stereocenters. The van der Waals surface area contributed by atoms with E-state index in [-0.39, 0.29) is 0 Å². The number of piperidine rings is 1. The molecule has 0 aromatic carbocycles. The van der Waals surface area contributed by atoms with Gasteiger partial charge in [0.25, 0.3) is 0 Å². The highest BCUT2D eigenvalue weighted by Crippen LogP contribution is 2.43. The van der Waals surface area contributed by atoms with E-state index in [1.54, 1.807) is 5.69 Å². The van der Waals surface area contributed by atoms with Crippen molar-refractivity contribution < 1.29 is 0 Å². The average molecular weight is 204 g/mol. The largest absolute Gasteiger partial charge is 0.349 e. The SMILES string of the molecule is C[C@@H]1CC2(C)C[C@@H](Cn3cccc32)N1C. The van der Waals surface area contributed by atoms with Crippen LogP contribution in [0.3, 0.4) is 0 Å². The highest BCUT2D eigenvalue weighted by molar-refractivity contribution is 5.24. The minimum absolute atomic E-state index is 0.415. The second-order valence-corrected chi connectivity index (χ2v) is 5.68. The maximum atomic E-state index is 2.56. The van der Waals surface area contributed by atoms with Crippen molar-refractivity contribution in [2.75, 3.05) is 7.05 Å². The Balaban J connectivity index is 2.08. The number of fused-ring (bicyclic) bond motifs is 4. The Morgan fingerprint density at radius 2 is 2.20 bits per heavy atom. The molecule has 15 heavy (non-hydrogen) atoms. The van der Waals surface area contributed by atoms with E-state index in [2.05, 4.69) is 48.7 Å². The Morgan fingerprint density at radius 3 is 3.00 bits per heavy atom. The highest BCUT2D eigenvalue weighted by Gasteiger charge is 2.44. The number of likely N-dealkylation sites (N-methyl/N-ethyl adjacent to an activating group) is 1. The van der Waals surface area contributed by atoms with Gasteiger partial charge >= 0.3 is 0 Å². The predicted octanol–water partition coefficient (Wildman–Crippen LogP) is 2.24. The van der Waals surface area contributed by atoms with Crippen LogP contribution in [-0.2, 0) is 12.0 Å². The van der Waals surface area contributed by atoms with Gasteiger partial charge in [0.1, 0.15) is 0 Å². The zero-order valence-corrected chi connectivity index (χ0v) is 9.90. The number of hydrogen-bond acceptors (Lipinski definition) is 1. The van der Waals surface area contributed by atoms with Crippen molar-refractivity contribution in [2.24, 2.45) is 0 Å². The van der Waals surface area contributed by atoms with Crippen molar-refractivity contribution in [3.8, 4) is 0 Å². The number of hydrogen-bond donors (Lipinski definition) is 0. The van der Waals surface area contributed by atoms with Gasteiger partial charge in [0.05, 0.1) is 0 Å². The normalized spacial score (nSPS) is 40.2. The van der Waals surface area contributed by atoms with Crippen molar-refractivity contribution in [1.82, 2.24) is 9.47 Å². The summed E-state index contributed by atoms with van der Waals surface area (Å²) in [6.07, 6.45) is 4.87. The molecule has 0 amide bonds. The van der Waals surface area contributed by atoms with Gasteiger partial charge in [-0.1, -0.05) is 6.92 Å². The summed E-state index contributed by atoms with van der Waals surface area (Å²) in [7, 11) is 2.28. The van der Waals surface area contributed by atoms with Gasteiger partial charge in [-0.2, -0.15) is 0 Å². The zero-order chi connectivity index (χ0) is 10.6. The van der Waals surface area contributed by atoms with Crippen molar-refractivity contribution in [3.05, 3.63) is 24.0 Å². The number of aromatic nitrogens is 1. The third-order valence-electron chi connectivity index (χ3n) is 4.56. The van der Waals surface area contributed by atoms with Crippen LogP contribution in [0.4, 0.5) is 0 Å². The van der Waals surface area contributed by atoms with Gasteiger partial charge in [-0.25, -0.2) is 0 Å². The molecule has 2 heteroatoms. The third-order valence-corrected chi connectivity index (χ3v) is 4.56. The molecule has 1 aromatic heterocycles. The first-order valence-electron chi connectivity index (χ1n) is 5.98. The minimum Gasteiger partial charge on any atom is -0.349 e. The second kappa shape index (κ2) is 2.88. The fourth-order valence-electron chi connectivity index (χ4n) is 3.65. The second-order valence-electron chi connectivity index (χ2n) is 5.68. The van der Waals surface area contributed by atoms with Gasteiger partial charge in [0.15, 0.2) is 0 Å². The number of rotatable bonds is 0. The first-order valence-corrected chi connectivity index (χ1v) is 5.98. The molecule has 3 heterocycles. The minimum atomic E-state index is 0.415. The number of likely N-dealkylation sites (tertiary alicyclic amines) is 1. The van der Waals surface area contributed by atoms with Gasteiger partial charge in [-0.3, -0.25) is 4.90 Å². The standard InChI is InChI=1S/C13H20N2/c1-10-7-13(2)8-11(14(10)3)9-15-6-4-5-12(13)15/h4-6,10-11H,7-9H2,1-3H3/t10-,11+,13?/m1/s1. The summed E-state index contributed by atoms with van der Waals surface area (Å²) in [6.45, 7) is 5.98. The third kappa shape index (κ3) is 1.21. The van der Waals surface area contributed by atoms with Crippen LogP contribution in [0.15, 0.2) is 18.3 Å². The van der Waals surface area contributed by atoms with E-state index < -0.39 is 0 Å². The van der Waals surface area contributed by atoms with Crippen LogP contribution in [0.2, 0.25) is 0 Å². The summed E-state index contributed by atoms with van der Waals surface area (Å²) in [5.74, 6) is 0. The van der Waals surface area contributed by atoms with Crippen molar-refractivity contribution >= 4 is 0 Å². The van der Waals surface area contributed by atoms with Gasteiger partial charge in [-0.05, 0) is 38.9 Å². The van der Waals surface area contributed by atoms with E-state index >= 15 is 0 Å². The lowest BCUT2D eigenvalue weighted by atomic mass is 9.70. The lowest BCUT2D eigenvalue weighted by Gasteiger charge is -2.51. The Labute approximate surface area is 91.9 Å². The molecule has 0 N–H and O–H groups in total. The van der Waals surface area contributed by atoms with Crippen molar-refractivity contribution in [3.63, 3.8) is 0 Å². The summed E-state index contributed by atoms with van der Waals surface area (Å²) in [6, 6.07) is 5.97. The topological polar surface area (TPSA) is 8.17 Å². The van der Waals surface area contributed by atoms with E-state index in [0.29, 0.717) is 5.41 Å². The smallest absolute Gasteiger partial charge is 0.0379 e. The van der Waals surface area contributed by atoms with Gasteiger partial charge < -0.3 is 4.57 Å². The van der Waals surface area contributed by atoms with Crippen LogP contribution in [0.25, 0.3) is 0 Å². The van der Waals surface area contributed by atoms with Crippen LogP contribution in [0, 0.1) is 0 Å². The fraction of sp³-hybridized carbons (Fsp3) is 0.692. The molecular formula is C13H20N2. The van der Waals surface area contributed by atoms with E-state index in [9.17, 15) is 0 Å². The lowest BCUT2D eigenvalue weighted by molar-refractivity contribution is 0.0426. The Kier molecular flexibility index (Phi) is 1.82. The van der Waals surface area contributed by atoms with Gasteiger partial charge in [0, 0.05) is 35.9 Å². The molecule has 0 spiro atoms. The molecule has 1 fully saturated rings. The van der Waals surface area contributed by atoms with E-state index in [1.807, 2.05) is 0 Å². The highest BCUT2D eigenvalue weighted by atomic mass is 15.2. The van der Waals surface area contributed by atoms with Crippen LogP contribution >= 0.6 is 0 Å². The molecule has 3 rings (SSSR count). The fourth-order valence-corrected chi connectivity index (χ4v) is 3.65. The predicted molar refractivity (Wildman–Crippen MR) is 62.0 cm³/mol. The maximum absolute atomic E-state index is 2.56. The zero-order valence-electron chi connectivity index (χ0n) is 9.90. The molecule has 1 aromatic rings. The maximum Gasteiger partial charge on any atom is 0.0379 e. The molecule has 0 saturated carbocycles. The summed E-state index contributed by atoms with van der Waals surface area (Å²) in [4.78, 5) is 2.56. The van der Waals surface area contributed by atoms with E-state index in [1.165, 1.54) is 19.4 Å². The first-order chi connectivity index (χ1) is 7.10. The van der Waals surface area contributed by atoms with E-state index in [4.69, 9.17) is 0 Å². The molecule has 2 nitrogen and oxygen atoms in total. The molecule has 2 aliphatic rings. The lowest BCUT2D eigenvalue weighted by Crippen LogP contribution is -2.55. The molecule has 0 radical (unpaired) electrons. The molecule has 1 saturated heterocycles. The van der Waals surface area contributed by atoms with Crippen LogP contribution in [-0.4, -0.2) is 28.6 Å². The summed E-state index contributed by atoms with van der Waals surface area (Å²) in [5, 5.41) is 0. The molecule has 0 aliphatic carbocycles. The average Bonchev–Trinajstić information content (AvgIpc) is 2.63. The monoisotopic (exact) mass is 204 g/mol. The van der Waals surface area contributed by atoms with Crippen LogP contribution < -0.4 is 0 Å². The Morgan fingerprint density at radius 1 is 1.40 bits per heavy atom. The van der Waals surface area contributed by atoms with E-state index in [0.717, 1.165) is 12.1 Å². The Hall–Kier alpha value is -0.760. The summed E-state index contributed by atoms with van der Waals surface area (Å²) in [5.41, 5.74) is 1.97. The molecule has 82 valence electrons.